The minimum Gasteiger partial charge on any atom is -0.391 e. The first kappa shape index (κ1) is 17.4. The molecule has 5 heteroatoms. The molecule has 20 heavy (non-hydrogen) atoms. The van der Waals surface area contributed by atoms with Crippen molar-refractivity contribution in [1.82, 2.24) is 5.32 Å². The molecule has 0 aromatic rings. The standard InChI is InChI=1S/C15H30N2O3/c1-6-20-12-8-15(16,14(12,4)5)13(19)17-9-11(18)7-10(2)3/h10-12,18H,6-9,16H2,1-5H3,(H,17,19). The van der Waals surface area contributed by atoms with Crippen LogP contribution in [0.1, 0.15) is 47.5 Å². The molecule has 1 aliphatic rings. The summed E-state index contributed by atoms with van der Waals surface area (Å²) in [7, 11) is 0. The van der Waals surface area contributed by atoms with Crippen molar-refractivity contribution in [2.24, 2.45) is 17.1 Å². The molecule has 0 aliphatic heterocycles. The van der Waals surface area contributed by atoms with E-state index in [4.69, 9.17) is 10.5 Å². The molecule has 1 amide bonds. The van der Waals surface area contributed by atoms with Crippen LogP contribution >= 0.6 is 0 Å². The molecule has 0 spiro atoms. The number of aliphatic hydroxyl groups excluding tert-OH is 1. The fourth-order valence-corrected chi connectivity index (χ4v) is 2.82. The van der Waals surface area contributed by atoms with Crippen LogP contribution < -0.4 is 11.1 Å². The van der Waals surface area contributed by atoms with E-state index in [-0.39, 0.29) is 18.6 Å². The van der Waals surface area contributed by atoms with E-state index in [2.05, 4.69) is 5.32 Å². The Morgan fingerprint density at radius 3 is 2.55 bits per heavy atom. The van der Waals surface area contributed by atoms with Gasteiger partial charge in [0.25, 0.3) is 0 Å². The van der Waals surface area contributed by atoms with Gasteiger partial charge in [-0.05, 0) is 19.3 Å². The van der Waals surface area contributed by atoms with Crippen molar-refractivity contribution >= 4 is 5.91 Å². The van der Waals surface area contributed by atoms with Gasteiger partial charge in [-0.3, -0.25) is 4.79 Å². The van der Waals surface area contributed by atoms with Gasteiger partial charge in [0.05, 0.1) is 12.2 Å². The van der Waals surface area contributed by atoms with Crippen LogP contribution in [0.5, 0.6) is 0 Å². The highest BCUT2D eigenvalue weighted by atomic mass is 16.5. The topological polar surface area (TPSA) is 84.6 Å². The van der Waals surface area contributed by atoms with Crippen molar-refractivity contribution in [3.63, 3.8) is 0 Å². The maximum Gasteiger partial charge on any atom is 0.240 e. The first-order valence-electron chi connectivity index (χ1n) is 7.52. The lowest BCUT2D eigenvalue weighted by atomic mass is 9.54. The SMILES string of the molecule is CCOC1CC(N)(C(=O)NCC(O)CC(C)C)C1(C)C. The highest BCUT2D eigenvalue weighted by molar-refractivity contribution is 5.88. The second-order valence-electron chi connectivity index (χ2n) is 6.83. The lowest BCUT2D eigenvalue weighted by molar-refractivity contribution is -0.170. The number of carbonyl (C=O) groups excluding carboxylic acids is 1. The molecule has 0 radical (unpaired) electrons. The van der Waals surface area contributed by atoms with Gasteiger partial charge in [-0.2, -0.15) is 0 Å². The van der Waals surface area contributed by atoms with E-state index < -0.39 is 17.1 Å². The third kappa shape index (κ3) is 3.32. The summed E-state index contributed by atoms with van der Waals surface area (Å²) in [5.74, 6) is 0.206. The highest BCUT2D eigenvalue weighted by Crippen LogP contribution is 2.49. The molecule has 1 rings (SSSR count). The van der Waals surface area contributed by atoms with Crippen molar-refractivity contribution in [2.75, 3.05) is 13.2 Å². The average molecular weight is 286 g/mol. The fraction of sp³-hybridized carbons (Fsp3) is 0.933. The predicted octanol–water partition coefficient (Wildman–Crippen LogP) is 1.04. The largest absolute Gasteiger partial charge is 0.391 e. The zero-order valence-corrected chi connectivity index (χ0v) is 13.4. The van der Waals surface area contributed by atoms with E-state index in [9.17, 15) is 9.90 Å². The van der Waals surface area contributed by atoms with Crippen LogP contribution in [0.15, 0.2) is 0 Å². The smallest absolute Gasteiger partial charge is 0.240 e. The van der Waals surface area contributed by atoms with Gasteiger partial charge in [-0.15, -0.1) is 0 Å². The second kappa shape index (κ2) is 6.41. The van der Waals surface area contributed by atoms with Crippen LogP contribution in [0.2, 0.25) is 0 Å². The van der Waals surface area contributed by atoms with E-state index in [0.29, 0.717) is 25.4 Å². The number of nitrogens with one attached hydrogen (secondary N) is 1. The fourth-order valence-electron chi connectivity index (χ4n) is 2.82. The Morgan fingerprint density at radius 1 is 1.50 bits per heavy atom. The van der Waals surface area contributed by atoms with E-state index in [1.54, 1.807) is 0 Å². The van der Waals surface area contributed by atoms with Crippen molar-refractivity contribution in [3.8, 4) is 0 Å². The van der Waals surface area contributed by atoms with Gasteiger partial charge in [0, 0.05) is 25.0 Å². The predicted molar refractivity (Wildman–Crippen MR) is 79.2 cm³/mol. The van der Waals surface area contributed by atoms with Gasteiger partial charge in [0.2, 0.25) is 5.91 Å². The Labute approximate surface area is 122 Å². The van der Waals surface area contributed by atoms with Crippen LogP contribution in [0.4, 0.5) is 0 Å². The number of hydrogen-bond donors (Lipinski definition) is 3. The van der Waals surface area contributed by atoms with Gasteiger partial charge >= 0.3 is 0 Å². The molecule has 3 atom stereocenters. The summed E-state index contributed by atoms with van der Waals surface area (Å²) < 4.78 is 5.61. The van der Waals surface area contributed by atoms with Crippen LogP contribution in [0.25, 0.3) is 0 Å². The van der Waals surface area contributed by atoms with Crippen LogP contribution in [0.3, 0.4) is 0 Å². The van der Waals surface area contributed by atoms with Gasteiger partial charge < -0.3 is 20.9 Å². The first-order chi connectivity index (χ1) is 9.15. The van der Waals surface area contributed by atoms with Crippen molar-refractivity contribution < 1.29 is 14.6 Å². The molecule has 1 aliphatic carbocycles. The van der Waals surface area contributed by atoms with Crippen molar-refractivity contribution in [1.29, 1.82) is 0 Å². The number of amides is 1. The summed E-state index contributed by atoms with van der Waals surface area (Å²) in [6, 6.07) is 0. The lowest BCUT2D eigenvalue weighted by Gasteiger charge is -2.57. The summed E-state index contributed by atoms with van der Waals surface area (Å²) in [5.41, 5.74) is 4.95. The Kier molecular flexibility index (Phi) is 5.58. The Hall–Kier alpha value is -0.650. The monoisotopic (exact) mass is 286 g/mol. The highest BCUT2D eigenvalue weighted by Gasteiger charge is 2.62. The minimum atomic E-state index is -0.912. The molecular weight excluding hydrogens is 256 g/mol. The van der Waals surface area contributed by atoms with Gasteiger partial charge in [-0.1, -0.05) is 27.7 Å². The minimum absolute atomic E-state index is 0.0174. The quantitative estimate of drug-likeness (QED) is 0.653. The summed E-state index contributed by atoms with van der Waals surface area (Å²) in [6.45, 7) is 10.8. The number of hydrogen-bond acceptors (Lipinski definition) is 4. The van der Waals surface area contributed by atoms with E-state index >= 15 is 0 Å². The van der Waals surface area contributed by atoms with E-state index in [1.807, 2.05) is 34.6 Å². The maximum absolute atomic E-state index is 12.3. The maximum atomic E-state index is 12.3. The molecule has 0 aromatic carbocycles. The molecule has 4 N–H and O–H groups in total. The van der Waals surface area contributed by atoms with Gasteiger partial charge in [-0.25, -0.2) is 0 Å². The summed E-state index contributed by atoms with van der Waals surface area (Å²) in [4.78, 5) is 12.3. The van der Waals surface area contributed by atoms with E-state index in [0.717, 1.165) is 0 Å². The molecule has 1 fully saturated rings. The lowest BCUT2D eigenvalue weighted by Crippen LogP contribution is -2.76. The number of ether oxygens (including phenoxy) is 1. The Balaban J connectivity index is 2.52. The number of carbonyl (C=O) groups is 1. The molecule has 118 valence electrons. The summed E-state index contributed by atoms with van der Waals surface area (Å²) in [5, 5.41) is 12.6. The summed E-state index contributed by atoms with van der Waals surface area (Å²) >= 11 is 0. The third-order valence-electron chi connectivity index (χ3n) is 4.48. The zero-order chi connectivity index (χ0) is 15.6. The number of rotatable bonds is 7. The van der Waals surface area contributed by atoms with Crippen LogP contribution in [0, 0.1) is 11.3 Å². The Bertz CT molecular complexity index is 344. The summed E-state index contributed by atoms with van der Waals surface area (Å²) in [6.07, 6.45) is 0.695. The van der Waals surface area contributed by atoms with Crippen LogP contribution in [-0.2, 0) is 9.53 Å². The van der Waals surface area contributed by atoms with Gasteiger partial charge in [0.1, 0.15) is 5.54 Å². The van der Waals surface area contributed by atoms with Crippen molar-refractivity contribution in [3.05, 3.63) is 0 Å². The number of nitrogens with two attached hydrogens (primary N) is 1. The van der Waals surface area contributed by atoms with E-state index in [1.165, 1.54) is 0 Å². The molecular formula is C15H30N2O3. The molecule has 0 saturated heterocycles. The molecule has 0 bridgehead atoms. The molecule has 1 saturated carbocycles. The molecule has 3 unspecified atom stereocenters. The Morgan fingerprint density at radius 2 is 2.10 bits per heavy atom. The second-order valence-corrected chi connectivity index (χ2v) is 6.83. The zero-order valence-electron chi connectivity index (χ0n) is 13.4. The third-order valence-corrected chi connectivity index (χ3v) is 4.48. The first-order valence-corrected chi connectivity index (χ1v) is 7.52. The molecule has 0 aromatic heterocycles. The normalized spacial score (nSPS) is 29.9. The molecule has 0 heterocycles. The average Bonchev–Trinajstić information content (AvgIpc) is 2.34. The molecule has 5 nitrogen and oxygen atoms in total. The van der Waals surface area contributed by atoms with Crippen molar-refractivity contribution in [2.45, 2.75) is 65.2 Å². The van der Waals surface area contributed by atoms with Crippen LogP contribution in [-0.4, -0.2) is 41.9 Å². The number of aliphatic hydroxyl groups is 1. The van der Waals surface area contributed by atoms with Gasteiger partial charge in [0.15, 0.2) is 0 Å².